The Balaban J connectivity index is 1.53. The maximum atomic E-state index is 12.5. The Morgan fingerprint density at radius 2 is 2.00 bits per heavy atom. The van der Waals surface area contributed by atoms with Crippen molar-refractivity contribution < 1.29 is 13.9 Å². The molecular weight excluding hydrogens is 328 g/mol. The van der Waals surface area contributed by atoms with Gasteiger partial charge < -0.3 is 14.1 Å². The van der Waals surface area contributed by atoms with Crippen LogP contribution in [0.25, 0.3) is 0 Å². The molecule has 0 unspecified atom stereocenters. The van der Waals surface area contributed by atoms with Crippen LogP contribution in [0.15, 0.2) is 40.8 Å². The summed E-state index contributed by atoms with van der Waals surface area (Å²) in [6.45, 7) is 4.29. The van der Waals surface area contributed by atoms with Crippen LogP contribution in [0.4, 0.5) is 0 Å². The van der Waals surface area contributed by atoms with E-state index in [1.807, 2.05) is 23.1 Å². The van der Waals surface area contributed by atoms with Crippen LogP contribution in [0, 0.1) is 0 Å². The summed E-state index contributed by atoms with van der Waals surface area (Å²) >= 11 is 6.03. The van der Waals surface area contributed by atoms with Crippen LogP contribution in [0.3, 0.4) is 0 Å². The molecule has 128 valence electrons. The second kappa shape index (κ2) is 7.83. The number of hydrogen-bond donors (Lipinski definition) is 0. The minimum atomic E-state index is -0.0558. The Morgan fingerprint density at radius 3 is 2.71 bits per heavy atom. The number of carbonyl (C=O) groups excluding carboxylic acids is 1. The number of piperazine rings is 1. The lowest BCUT2D eigenvalue weighted by Gasteiger charge is -2.34. The summed E-state index contributed by atoms with van der Waals surface area (Å²) < 4.78 is 10.5. The van der Waals surface area contributed by atoms with Crippen LogP contribution in [0.5, 0.6) is 0 Å². The highest BCUT2D eigenvalue weighted by Crippen LogP contribution is 2.16. The van der Waals surface area contributed by atoms with Crippen molar-refractivity contribution in [1.82, 2.24) is 9.80 Å². The van der Waals surface area contributed by atoms with Gasteiger partial charge in [0, 0.05) is 44.9 Å². The highest BCUT2D eigenvalue weighted by molar-refractivity contribution is 6.30. The van der Waals surface area contributed by atoms with Gasteiger partial charge >= 0.3 is 0 Å². The molecule has 0 spiro atoms. The molecule has 0 saturated carbocycles. The maximum absolute atomic E-state index is 12.5. The first-order valence-corrected chi connectivity index (χ1v) is 8.37. The number of rotatable bonds is 5. The number of methoxy groups -OCH3 is 1. The monoisotopic (exact) mass is 348 g/mol. The fourth-order valence-corrected chi connectivity index (χ4v) is 3.08. The van der Waals surface area contributed by atoms with Gasteiger partial charge in [-0.05, 0) is 29.8 Å². The first-order chi connectivity index (χ1) is 11.7. The molecule has 1 aliphatic rings. The van der Waals surface area contributed by atoms with E-state index in [-0.39, 0.29) is 5.91 Å². The Kier molecular flexibility index (Phi) is 5.56. The number of amides is 1. The molecule has 1 aliphatic heterocycles. The summed E-state index contributed by atoms with van der Waals surface area (Å²) in [5, 5.41) is 0.756. The van der Waals surface area contributed by atoms with E-state index in [1.54, 1.807) is 19.2 Å². The average molecular weight is 349 g/mol. The van der Waals surface area contributed by atoms with E-state index in [0.717, 1.165) is 24.7 Å². The highest BCUT2D eigenvalue weighted by Gasteiger charge is 2.24. The van der Waals surface area contributed by atoms with E-state index in [0.29, 0.717) is 31.2 Å². The summed E-state index contributed by atoms with van der Waals surface area (Å²) in [6, 6.07) is 11.4. The van der Waals surface area contributed by atoms with E-state index >= 15 is 0 Å². The first kappa shape index (κ1) is 17.0. The van der Waals surface area contributed by atoms with Gasteiger partial charge in [-0.15, -0.1) is 0 Å². The van der Waals surface area contributed by atoms with Crippen molar-refractivity contribution in [3.05, 3.63) is 58.5 Å². The molecule has 1 aromatic carbocycles. The minimum absolute atomic E-state index is 0.0558. The third-order valence-electron chi connectivity index (χ3n) is 4.11. The van der Waals surface area contributed by atoms with Crippen molar-refractivity contribution in [2.24, 2.45) is 0 Å². The van der Waals surface area contributed by atoms with E-state index in [1.165, 1.54) is 5.56 Å². The van der Waals surface area contributed by atoms with E-state index in [4.69, 9.17) is 20.8 Å². The van der Waals surface area contributed by atoms with Gasteiger partial charge in [0.05, 0.1) is 0 Å². The van der Waals surface area contributed by atoms with Crippen LogP contribution >= 0.6 is 11.6 Å². The zero-order valence-corrected chi connectivity index (χ0v) is 14.5. The smallest absolute Gasteiger partial charge is 0.289 e. The molecule has 0 bridgehead atoms. The molecule has 6 heteroatoms. The van der Waals surface area contributed by atoms with Crippen LogP contribution in [0.1, 0.15) is 21.9 Å². The molecule has 1 fully saturated rings. The van der Waals surface area contributed by atoms with Crippen molar-refractivity contribution in [3.63, 3.8) is 0 Å². The highest BCUT2D eigenvalue weighted by atomic mass is 35.5. The second-order valence-electron chi connectivity index (χ2n) is 5.90. The minimum Gasteiger partial charge on any atom is -0.453 e. The number of nitrogens with zero attached hydrogens (tertiary/aromatic N) is 2. The Hall–Kier alpha value is -1.82. The van der Waals surface area contributed by atoms with Gasteiger partial charge in [-0.1, -0.05) is 23.7 Å². The molecule has 1 saturated heterocycles. The predicted molar refractivity (Wildman–Crippen MR) is 92.1 cm³/mol. The molecule has 5 nitrogen and oxygen atoms in total. The van der Waals surface area contributed by atoms with Gasteiger partial charge in [0.2, 0.25) is 0 Å². The van der Waals surface area contributed by atoms with Crippen molar-refractivity contribution in [2.45, 2.75) is 13.2 Å². The van der Waals surface area contributed by atoms with Gasteiger partial charge in [0.15, 0.2) is 5.76 Å². The molecule has 0 aliphatic carbocycles. The standard InChI is InChI=1S/C18H21ClN2O3/c1-23-13-16-5-6-17(24-16)18(22)21-9-7-20(8-10-21)12-14-3-2-4-15(19)11-14/h2-6,11H,7-10,12-13H2,1H3. The number of carbonyl (C=O) groups is 1. The van der Waals surface area contributed by atoms with Crippen molar-refractivity contribution in [2.75, 3.05) is 33.3 Å². The predicted octanol–water partition coefficient (Wildman–Crippen LogP) is 3.04. The summed E-state index contributed by atoms with van der Waals surface area (Å²) in [6.07, 6.45) is 0. The SMILES string of the molecule is COCc1ccc(C(=O)N2CCN(Cc3cccc(Cl)c3)CC2)o1. The van der Waals surface area contributed by atoms with Crippen molar-refractivity contribution >= 4 is 17.5 Å². The van der Waals surface area contributed by atoms with E-state index in [9.17, 15) is 4.79 Å². The fourth-order valence-electron chi connectivity index (χ4n) is 2.87. The molecule has 0 radical (unpaired) electrons. The Labute approximate surface area is 146 Å². The largest absolute Gasteiger partial charge is 0.453 e. The van der Waals surface area contributed by atoms with Gasteiger partial charge in [-0.3, -0.25) is 9.69 Å². The van der Waals surface area contributed by atoms with Crippen LogP contribution in [-0.4, -0.2) is 49.0 Å². The zero-order chi connectivity index (χ0) is 16.9. The summed E-state index contributed by atoms with van der Waals surface area (Å²) in [5.74, 6) is 0.991. The molecule has 24 heavy (non-hydrogen) atoms. The molecule has 3 rings (SSSR count). The number of furan rings is 1. The lowest BCUT2D eigenvalue weighted by molar-refractivity contribution is 0.0591. The van der Waals surface area contributed by atoms with Crippen LogP contribution in [0.2, 0.25) is 5.02 Å². The zero-order valence-electron chi connectivity index (χ0n) is 13.7. The normalized spacial score (nSPS) is 15.7. The first-order valence-electron chi connectivity index (χ1n) is 7.99. The lowest BCUT2D eigenvalue weighted by atomic mass is 10.2. The summed E-state index contributed by atoms with van der Waals surface area (Å²) in [4.78, 5) is 16.6. The summed E-state index contributed by atoms with van der Waals surface area (Å²) in [5.41, 5.74) is 1.19. The molecule has 0 N–H and O–H groups in total. The average Bonchev–Trinajstić information content (AvgIpc) is 3.04. The molecule has 0 atom stereocenters. The van der Waals surface area contributed by atoms with Gasteiger partial charge in [-0.25, -0.2) is 0 Å². The van der Waals surface area contributed by atoms with Gasteiger partial charge in [0.1, 0.15) is 12.4 Å². The van der Waals surface area contributed by atoms with E-state index < -0.39 is 0 Å². The topological polar surface area (TPSA) is 45.9 Å². The van der Waals surface area contributed by atoms with Crippen LogP contribution < -0.4 is 0 Å². The van der Waals surface area contributed by atoms with Crippen molar-refractivity contribution in [1.29, 1.82) is 0 Å². The molecule has 1 aromatic heterocycles. The number of halogens is 1. The Bertz CT molecular complexity index is 693. The Morgan fingerprint density at radius 1 is 1.21 bits per heavy atom. The molecule has 2 aromatic rings. The second-order valence-corrected chi connectivity index (χ2v) is 6.33. The van der Waals surface area contributed by atoms with Gasteiger partial charge in [-0.2, -0.15) is 0 Å². The fraction of sp³-hybridized carbons (Fsp3) is 0.389. The third kappa shape index (κ3) is 4.17. The third-order valence-corrected chi connectivity index (χ3v) is 4.35. The van der Waals surface area contributed by atoms with E-state index in [2.05, 4.69) is 11.0 Å². The number of ether oxygens (including phenoxy) is 1. The maximum Gasteiger partial charge on any atom is 0.289 e. The molecule has 1 amide bonds. The van der Waals surface area contributed by atoms with Gasteiger partial charge in [0.25, 0.3) is 5.91 Å². The number of hydrogen-bond acceptors (Lipinski definition) is 4. The lowest BCUT2D eigenvalue weighted by Crippen LogP contribution is -2.48. The molecule has 2 heterocycles. The summed E-state index contributed by atoms with van der Waals surface area (Å²) in [7, 11) is 1.60. The van der Waals surface area contributed by atoms with Crippen molar-refractivity contribution in [3.8, 4) is 0 Å². The molecular formula is C18H21ClN2O3. The number of benzene rings is 1. The quantitative estimate of drug-likeness (QED) is 0.833. The van der Waals surface area contributed by atoms with Crippen LogP contribution in [-0.2, 0) is 17.9 Å².